The number of aldehydes is 1. The first-order chi connectivity index (χ1) is 7.73. The van der Waals surface area contributed by atoms with Crippen molar-refractivity contribution in [3.63, 3.8) is 0 Å². The van der Waals surface area contributed by atoms with Crippen LogP contribution < -0.4 is 0 Å². The number of esters is 1. The molecular weight excluding hydrogens is 240 g/mol. The van der Waals surface area contributed by atoms with E-state index in [0.717, 1.165) is 0 Å². The minimum absolute atomic E-state index is 0.388. The number of ether oxygens (including phenoxy) is 1. The lowest BCUT2D eigenvalue weighted by atomic mass is 9.95. The number of carbonyl (C=O) groups is 5. The molecule has 0 unspecified atom stereocenters. The molecule has 0 aliphatic rings. The van der Waals surface area contributed by atoms with Crippen LogP contribution in [-0.4, -0.2) is 51.1 Å². The highest BCUT2D eigenvalue weighted by Gasteiger charge is 2.47. The molecule has 0 atom stereocenters. The van der Waals surface area contributed by atoms with Gasteiger partial charge in [-0.3, -0.25) is 14.4 Å². The van der Waals surface area contributed by atoms with Crippen LogP contribution in [0.5, 0.6) is 0 Å². The number of carbonyl (C=O) groups excluding carboxylic acids is 2. The molecule has 0 saturated carbocycles. The highest BCUT2D eigenvalue weighted by Crippen LogP contribution is 2.22. The quantitative estimate of drug-likeness (QED) is 0.277. The van der Waals surface area contributed by atoms with E-state index in [4.69, 9.17) is 15.3 Å². The summed E-state index contributed by atoms with van der Waals surface area (Å²) in [7, 11) is 0. The lowest BCUT2D eigenvalue weighted by Gasteiger charge is -2.24. The van der Waals surface area contributed by atoms with Crippen molar-refractivity contribution in [2.45, 2.75) is 18.4 Å². The van der Waals surface area contributed by atoms with Crippen molar-refractivity contribution < 1.29 is 44.0 Å². The van der Waals surface area contributed by atoms with Crippen LogP contribution >= 0.6 is 0 Å². The van der Waals surface area contributed by atoms with Gasteiger partial charge in [-0.2, -0.15) is 0 Å². The van der Waals surface area contributed by atoms with Crippen molar-refractivity contribution in [2.75, 3.05) is 0 Å². The fourth-order valence-corrected chi connectivity index (χ4v) is 1.03. The van der Waals surface area contributed by atoms with E-state index in [9.17, 15) is 24.0 Å². The van der Waals surface area contributed by atoms with E-state index >= 15 is 0 Å². The van der Waals surface area contributed by atoms with Crippen LogP contribution in [0.4, 0.5) is 0 Å². The smallest absolute Gasteiger partial charge is 0.372 e. The van der Waals surface area contributed by atoms with Gasteiger partial charge in [-0.05, 0) is 0 Å². The molecule has 0 aromatic carbocycles. The summed E-state index contributed by atoms with van der Waals surface area (Å²) in [5.74, 6) is -6.99. The molecule has 0 aromatic heterocycles. The number of carboxylic acids is 3. The van der Waals surface area contributed by atoms with Crippen molar-refractivity contribution in [3.05, 3.63) is 0 Å². The van der Waals surface area contributed by atoms with Gasteiger partial charge >= 0.3 is 23.9 Å². The molecule has 9 heteroatoms. The van der Waals surface area contributed by atoms with Crippen LogP contribution in [0.25, 0.3) is 0 Å². The molecular formula is C8H8O9. The van der Waals surface area contributed by atoms with Crippen LogP contribution in [0, 0.1) is 0 Å². The Hall–Kier alpha value is -2.45. The lowest BCUT2D eigenvalue weighted by Crippen LogP contribution is -2.47. The van der Waals surface area contributed by atoms with Gasteiger partial charge in [0.15, 0.2) is 0 Å². The Morgan fingerprint density at radius 3 is 1.65 bits per heavy atom. The molecule has 3 N–H and O–H groups in total. The fourth-order valence-electron chi connectivity index (χ4n) is 1.03. The third kappa shape index (κ3) is 4.28. The number of hydrogen-bond donors (Lipinski definition) is 3. The van der Waals surface area contributed by atoms with E-state index in [1.165, 1.54) is 0 Å². The van der Waals surface area contributed by atoms with E-state index in [1.54, 1.807) is 0 Å². The van der Waals surface area contributed by atoms with Gasteiger partial charge in [0, 0.05) is 0 Å². The van der Waals surface area contributed by atoms with Crippen LogP contribution in [0.1, 0.15) is 12.8 Å². The molecule has 17 heavy (non-hydrogen) atoms. The van der Waals surface area contributed by atoms with Gasteiger partial charge in [0.25, 0.3) is 0 Å². The van der Waals surface area contributed by atoms with Gasteiger partial charge in [0.2, 0.25) is 11.9 Å². The number of carboxylic acid groups (broad SMARTS) is 3. The Morgan fingerprint density at radius 2 is 1.41 bits per heavy atom. The molecule has 0 saturated heterocycles. The van der Waals surface area contributed by atoms with Crippen LogP contribution in [0.3, 0.4) is 0 Å². The minimum atomic E-state index is -2.80. The zero-order valence-corrected chi connectivity index (χ0v) is 8.28. The second kappa shape index (κ2) is 5.58. The van der Waals surface area contributed by atoms with E-state index in [1.807, 2.05) is 0 Å². The summed E-state index contributed by atoms with van der Waals surface area (Å²) in [6.45, 7) is 0. The molecule has 9 nitrogen and oxygen atoms in total. The van der Waals surface area contributed by atoms with Gasteiger partial charge in [0.05, 0.1) is 12.8 Å². The Kier molecular flexibility index (Phi) is 4.78. The molecule has 94 valence electrons. The molecule has 0 aliphatic carbocycles. The third-order valence-electron chi connectivity index (χ3n) is 1.66. The summed E-state index contributed by atoms with van der Waals surface area (Å²) in [5, 5.41) is 25.7. The summed E-state index contributed by atoms with van der Waals surface area (Å²) in [5.41, 5.74) is -2.80. The molecule has 0 aliphatic heterocycles. The summed E-state index contributed by atoms with van der Waals surface area (Å²) in [4.78, 5) is 52.4. The maximum atomic E-state index is 10.8. The van der Waals surface area contributed by atoms with Crippen LogP contribution in [0.15, 0.2) is 0 Å². The molecule has 0 fully saturated rings. The molecule has 0 amide bonds. The normalized spacial score (nSPS) is 10.4. The molecule has 0 rings (SSSR count). The lowest BCUT2D eigenvalue weighted by molar-refractivity contribution is -0.185. The maximum absolute atomic E-state index is 10.8. The fraction of sp³-hybridized carbons (Fsp3) is 0.375. The number of hydrogen-bond acceptors (Lipinski definition) is 6. The van der Waals surface area contributed by atoms with Gasteiger partial charge in [-0.25, -0.2) is 9.59 Å². The predicted molar refractivity (Wildman–Crippen MR) is 47.0 cm³/mol. The summed E-state index contributed by atoms with van der Waals surface area (Å²) >= 11 is 0. The molecule has 0 radical (unpaired) electrons. The maximum Gasteiger partial charge on any atom is 0.372 e. The first-order valence-corrected chi connectivity index (χ1v) is 4.08. The first-order valence-electron chi connectivity index (χ1n) is 4.08. The summed E-state index contributed by atoms with van der Waals surface area (Å²) in [6.07, 6.45) is -2.93. The van der Waals surface area contributed by atoms with Crippen LogP contribution in [0.2, 0.25) is 0 Å². The monoisotopic (exact) mass is 248 g/mol. The highest BCUT2D eigenvalue weighted by atomic mass is 16.6. The van der Waals surface area contributed by atoms with Crippen molar-refractivity contribution in [1.29, 1.82) is 0 Å². The number of rotatable bonds is 7. The molecule has 0 heterocycles. The van der Waals surface area contributed by atoms with Crippen LogP contribution in [-0.2, 0) is 28.7 Å². The van der Waals surface area contributed by atoms with E-state index in [2.05, 4.69) is 4.74 Å². The second-order valence-corrected chi connectivity index (χ2v) is 2.98. The van der Waals surface area contributed by atoms with Gasteiger partial charge in [-0.1, -0.05) is 0 Å². The molecule has 0 spiro atoms. The van der Waals surface area contributed by atoms with Crippen molar-refractivity contribution in [2.24, 2.45) is 0 Å². The van der Waals surface area contributed by atoms with E-state index < -0.39 is 42.3 Å². The van der Waals surface area contributed by atoms with Gasteiger partial charge in [0.1, 0.15) is 0 Å². The van der Waals surface area contributed by atoms with E-state index in [-0.39, 0.29) is 6.29 Å². The Bertz CT molecular complexity index is 353. The Balaban J connectivity index is 5.29. The third-order valence-corrected chi connectivity index (χ3v) is 1.66. The van der Waals surface area contributed by atoms with Crippen molar-refractivity contribution in [1.82, 2.24) is 0 Å². The average molecular weight is 248 g/mol. The van der Waals surface area contributed by atoms with Gasteiger partial charge in [-0.15, -0.1) is 0 Å². The molecule has 0 aromatic rings. The largest absolute Gasteiger partial charge is 0.481 e. The minimum Gasteiger partial charge on any atom is -0.481 e. The Labute approximate surface area is 93.6 Å². The van der Waals surface area contributed by atoms with Gasteiger partial charge < -0.3 is 20.1 Å². The van der Waals surface area contributed by atoms with Crippen molar-refractivity contribution >= 4 is 30.2 Å². The molecule has 0 bridgehead atoms. The Morgan fingerprint density at radius 1 is 1.00 bits per heavy atom. The zero-order valence-electron chi connectivity index (χ0n) is 8.28. The SMILES string of the molecule is O=CC(=O)OC(CC(=O)O)(CC(=O)O)C(=O)O. The first kappa shape index (κ1) is 14.6. The van der Waals surface area contributed by atoms with Crippen molar-refractivity contribution in [3.8, 4) is 0 Å². The van der Waals surface area contributed by atoms with E-state index in [0.29, 0.717) is 0 Å². The number of aliphatic carboxylic acids is 3. The summed E-state index contributed by atoms with van der Waals surface area (Å²) < 4.78 is 4.10. The standard InChI is InChI=1S/C8H8O9/c9-3-6(14)17-8(7(15)16,1-4(10)11)2-5(12)13/h3H,1-2H2,(H,10,11)(H,12,13)(H,15,16). The predicted octanol–water partition coefficient (Wildman–Crippen LogP) is -1.50. The highest BCUT2D eigenvalue weighted by molar-refractivity contribution is 6.21. The zero-order chi connectivity index (χ0) is 13.6. The average Bonchev–Trinajstić information content (AvgIpc) is 2.14. The second-order valence-electron chi connectivity index (χ2n) is 2.98. The topological polar surface area (TPSA) is 155 Å². The summed E-state index contributed by atoms with van der Waals surface area (Å²) in [6, 6.07) is 0.